The van der Waals surface area contributed by atoms with Crippen LogP contribution in [0.2, 0.25) is 3.97 Å². The zero-order valence-electron chi connectivity index (χ0n) is 11.9. The van der Waals surface area contributed by atoms with Gasteiger partial charge >= 0.3 is 113 Å². The van der Waals surface area contributed by atoms with E-state index in [9.17, 15) is 0 Å². The Morgan fingerprint density at radius 3 is 1.50 bits per heavy atom. The Morgan fingerprint density at radius 2 is 1.25 bits per heavy atom. The average Bonchev–Trinajstić information content (AvgIpc) is 2.16. The van der Waals surface area contributed by atoms with Crippen LogP contribution >= 0.6 is 0 Å². The second kappa shape index (κ2) is 8.62. The fourth-order valence-electron chi connectivity index (χ4n) is 1.97. The van der Waals surface area contributed by atoms with Crippen molar-refractivity contribution in [2.45, 2.75) is 43.0 Å². The molecule has 0 aromatic heterocycles. The molecular weight excluding hydrogens is 254 g/mol. The van der Waals surface area contributed by atoms with Gasteiger partial charge in [0.1, 0.15) is 0 Å². The van der Waals surface area contributed by atoms with Crippen molar-refractivity contribution in [3.63, 3.8) is 0 Å². The van der Waals surface area contributed by atoms with Gasteiger partial charge in [-0.15, -0.1) is 0 Å². The first-order valence-electron chi connectivity index (χ1n) is 6.48. The number of hydrogen-bond donors (Lipinski definition) is 0. The minimum absolute atomic E-state index is 0.624. The van der Waals surface area contributed by atoms with Crippen molar-refractivity contribution in [1.82, 2.24) is 9.80 Å². The summed E-state index contributed by atoms with van der Waals surface area (Å²) >= 11 is 1.96. The van der Waals surface area contributed by atoms with Crippen LogP contribution in [0.1, 0.15) is 39.0 Å². The van der Waals surface area contributed by atoms with Crippen molar-refractivity contribution in [1.29, 1.82) is 0 Å². The van der Waals surface area contributed by atoms with Crippen LogP contribution in [-0.4, -0.2) is 69.7 Å². The van der Waals surface area contributed by atoms with Gasteiger partial charge in [0.15, 0.2) is 0 Å². The van der Waals surface area contributed by atoms with E-state index in [-0.39, 0.29) is 0 Å². The van der Waals surface area contributed by atoms with Gasteiger partial charge in [0.05, 0.1) is 0 Å². The van der Waals surface area contributed by atoms with Crippen molar-refractivity contribution in [3.8, 4) is 0 Å². The quantitative estimate of drug-likeness (QED) is 0.600. The second-order valence-corrected chi connectivity index (χ2v) is 8.10. The van der Waals surface area contributed by atoms with Crippen LogP contribution in [0.5, 0.6) is 0 Å². The SMILES string of the molecule is CC[C]([Ga])(CCCN(C)C)CCCN(C)C. The van der Waals surface area contributed by atoms with Crippen LogP contribution < -0.4 is 0 Å². The molecule has 0 rings (SSSR count). The molecule has 0 bridgehead atoms. The third-order valence-electron chi connectivity index (χ3n) is 3.26. The van der Waals surface area contributed by atoms with E-state index in [0.717, 1.165) is 0 Å². The third kappa shape index (κ3) is 8.68. The van der Waals surface area contributed by atoms with Gasteiger partial charge in [0.2, 0.25) is 0 Å². The predicted octanol–water partition coefficient (Wildman–Crippen LogP) is 2.41. The maximum absolute atomic E-state index is 2.35. The summed E-state index contributed by atoms with van der Waals surface area (Å²) in [5, 5.41) is 0. The molecular formula is C13H29GaN2. The molecule has 94 valence electrons. The van der Waals surface area contributed by atoms with Gasteiger partial charge in [-0.1, -0.05) is 0 Å². The van der Waals surface area contributed by atoms with E-state index in [2.05, 4.69) is 44.9 Å². The summed E-state index contributed by atoms with van der Waals surface area (Å²) in [5.74, 6) is 0. The van der Waals surface area contributed by atoms with E-state index < -0.39 is 0 Å². The molecule has 3 heteroatoms. The summed E-state index contributed by atoms with van der Waals surface area (Å²) in [5.41, 5.74) is 0. The van der Waals surface area contributed by atoms with Crippen LogP contribution in [0.4, 0.5) is 0 Å². The molecule has 2 nitrogen and oxygen atoms in total. The molecule has 0 unspecified atom stereocenters. The van der Waals surface area contributed by atoms with Crippen LogP contribution in [0.25, 0.3) is 0 Å². The van der Waals surface area contributed by atoms with Crippen molar-refractivity contribution >= 4 is 18.6 Å². The molecule has 0 amide bonds. The van der Waals surface area contributed by atoms with Crippen molar-refractivity contribution in [2.75, 3.05) is 41.3 Å². The number of rotatable bonds is 9. The Morgan fingerprint density at radius 1 is 0.875 bits per heavy atom. The zero-order valence-corrected chi connectivity index (χ0v) is 14.3. The minimum atomic E-state index is 0.624. The molecule has 0 atom stereocenters. The first-order valence-corrected chi connectivity index (χ1v) is 7.69. The maximum atomic E-state index is 2.35. The molecule has 0 N–H and O–H groups in total. The average molecular weight is 283 g/mol. The van der Waals surface area contributed by atoms with Gasteiger partial charge in [0, 0.05) is 0 Å². The van der Waals surface area contributed by atoms with E-state index in [1.54, 1.807) is 0 Å². The first-order chi connectivity index (χ1) is 7.39. The summed E-state index contributed by atoms with van der Waals surface area (Å²) in [6.45, 7) is 4.83. The summed E-state index contributed by atoms with van der Waals surface area (Å²) in [4.78, 5) is 4.59. The molecule has 0 saturated carbocycles. The van der Waals surface area contributed by atoms with Crippen LogP contribution in [0.15, 0.2) is 0 Å². The van der Waals surface area contributed by atoms with E-state index in [4.69, 9.17) is 0 Å². The standard InChI is InChI=1S/C13H29N2.Ga/c1-6-13(9-7-11-14(2)3)10-8-12-15(4)5;/h6-12H2,1-5H3;. The Hall–Kier alpha value is 0.556. The number of hydrogen-bond acceptors (Lipinski definition) is 2. The second-order valence-electron chi connectivity index (χ2n) is 5.53. The monoisotopic (exact) mass is 282 g/mol. The molecule has 0 aliphatic heterocycles. The van der Waals surface area contributed by atoms with Gasteiger partial charge in [-0.05, 0) is 0 Å². The molecule has 0 aromatic carbocycles. The van der Waals surface area contributed by atoms with Crippen LogP contribution in [-0.2, 0) is 0 Å². The summed E-state index contributed by atoms with van der Waals surface area (Å²) in [6.07, 6.45) is 6.83. The molecule has 0 aliphatic carbocycles. The first kappa shape index (κ1) is 16.6. The van der Waals surface area contributed by atoms with Crippen LogP contribution in [0, 0.1) is 0 Å². The summed E-state index contributed by atoms with van der Waals surface area (Å²) < 4.78 is 0.624. The Labute approximate surface area is 113 Å². The molecule has 0 fully saturated rings. The molecule has 2 radical (unpaired) electrons. The topological polar surface area (TPSA) is 6.48 Å². The van der Waals surface area contributed by atoms with E-state index in [1.165, 1.54) is 45.2 Å². The Kier molecular flexibility index (Phi) is 8.92. The predicted molar refractivity (Wildman–Crippen MR) is 74.3 cm³/mol. The van der Waals surface area contributed by atoms with Crippen molar-refractivity contribution in [3.05, 3.63) is 0 Å². The summed E-state index contributed by atoms with van der Waals surface area (Å²) in [7, 11) is 8.67. The van der Waals surface area contributed by atoms with Crippen molar-refractivity contribution in [2.24, 2.45) is 0 Å². The van der Waals surface area contributed by atoms with Crippen LogP contribution in [0.3, 0.4) is 0 Å². The molecule has 0 aromatic rings. The zero-order chi connectivity index (χ0) is 12.6. The Balaban J connectivity index is 3.81. The molecule has 0 spiro atoms. The van der Waals surface area contributed by atoms with Gasteiger partial charge in [-0.3, -0.25) is 0 Å². The van der Waals surface area contributed by atoms with E-state index in [1.807, 2.05) is 18.6 Å². The molecule has 16 heavy (non-hydrogen) atoms. The summed E-state index contributed by atoms with van der Waals surface area (Å²) in [6, 6.07) is 0. The van der Waals surface area contributed by atoms with Crippen molar-refractivity contribution < 1.29 is 0 Å². The normalized spacial score (nSPS) is 12.7. The van der Waals surface area contributed by atoms with E-state index >= 15 is 0 Å². The Bertz CT molecular complexity index is 155. The van der Waals surface area contributed by atoms with Gasteiger partial charge in [-0.25, -0.2) is 0 Å². The fraction of sp³-hybridized carbons (Fsp3) is 1.00. The fourth-order valence-corrected chi connectivity index (χ4v) is 2.83. The molecule has 0 aliphatic rings. The molecule has 0 heterocycles. The number of nitrogens with zero attached hydrogens (tertiary/aromatic N) is 2. The van der Waals surface area contributed by atoms with Gasteiger partial charge in [-0.2, -0.15) is 0 Å². The van der Waals surface area contributed by atoms with Gasteiger partial charge in [0.25, 0.3) is 0 Å². The van der Waals surface area contributed by atoms with Gasteiger partial charge < -0.3 is 0 Å². The third-order valence-corrected chi connectivity index (χ3v) is 5.33. The molecule has 0 saturated heterocycles. The van der Waals surface area contributed by atoms with E-state index in [0.29, 0.717) is 3.97 Å².